The third kappa shape index (κ3) is 11.0. The van der Waals surface area contributed by atoms with E-state index in [1.807, 2.05) is 36.4 Å². The molecule has 0 fully saturated rings. The van der Waals surface area contributed by atoms with Crippen molar-refractivity contribution in [2.75, 3.05) is 0 Å². The molecule has 0 bridgehead atoms. The van der Waals surface area contributed by atoms with Crippen LogP contribution in [0.3, 0.4) is 0 Å². The molecule has 0 heterocycles. The molecule has 3 heteroatoms. The Bertz CT molecular complexity index is 461. The molecule has 132 valence electrons. The Morgan fingerprint density at radius 1 is 0.739 bits per heavy atom. The van der Waals surface area contributed by atoms with Crippen molar-refractivity contribution < 1.29 is 15.9 Å². The minimum absolute atomic E-state index is 0.106. The van der Waals surface area contributed by atoms with E-state index in [4.69, 9.17) is 19.1 Å². The summed E-state index contributed by atoms with van der Waals surface area (Å²) in [5, 5.41) is 0. The second-order valence-corrected chi connectivity index (χ2v) is 9.49. The Labute approximate surface area is 158 Å². The zero-order valence-corrected chi connectivity index (χ0v) is 17.8. The van der Waals surface area contributed by atoms with E-state index in [0.29, 0.717) is 0 Å². The fraction of sp³-hybridized carbons (Fsp3) is 0.400. The summed E-state index contributed by atoms with van der Waals surface area (Å²) in [4.78, 5) is 0. The Kier molecular flexibility index (Phi) is 11.1. The van der Waals surface area contributed by atoms with Gasteiger partial charge < -0.3 is 0 Å². The van der Waals surface area contributed by atoms with Crippen molar-refractivity contribution in [3.05, 3.63) is 71.8 Å². The maximum absolute atomic E-state index is 4.81. The summed E-state index contributed by atoms with van der Waals surface area (Å²) < 4.78 is 0. The van der Waals surface area contributed by atoms with Crippen LogP contribution in [0.25, 0.3) is 0 Å². The average molecular weight is 444 g/mol. The van der Waals surface area contributed by atoms with Crippen LogP contribution in [-0.2, 0) is 26.8 Å². The van der Waals surface area contributed by atoms with Gasteiger partial charge in [0.2, 0.25) is 0 Å². The van der Waals surface area contributed by atoms with Crippen LogP contribution in [0.5, 0.6) is 0 Å². The van der Waals surface area contributed by atoms with E-state index in [2.05, 4.69) is 65.8 Å². The quantitative estimate of drug-likeness (QED) is 0.305. The van der Waals surface area contributed by atoms with Crippen LogP contribution in [0.2, 0.25) is 0 Å². The summed E-state index contributed by atoms with van der Waals surface area (Å²) in [5.41, 5.74) is 3.21. The second-order valence-electron chi connectivity index (χ2n) is 7.13. The summed E-state index contributed by atoms with van der Waals surface area (Å²) in [6.45, 7) is 13.2. The van der Waals surface area contributed by atoms with Gasteiger partial charge in [0.15, 0.2) is 0 Å². The predicted molar refractivity (Wildman–Crippen MR) is 99.7 cm³/mol. The van der Waals surface area contributed by atoms with Crippen molar-refractivity contribution in [3.8, 4) is 0 Å². The number of hydrogen-bond donors (Lipinski definition) is 0. The summed E-state index contributed by atoms with van der Waals surface area (Å²) in [6, 6.07) is 22.4. The molecule has 0 aliphatic rings. The van der Waals surface area contributed by atoms with E-state index in [1.165, 1.54) is 11.1 Å². The molecule has 2 aromatic carbocycles. The number of hydrogen-bond acceptors (Lipinski definition) is 0. The molecule has 0 saturated carbocycles. The van der Waals surface area contributed by atoms with Crippen molar-refractivity contribution in [2.45, 2.75) is 52.4 Å². The van der Waals surface area contributed by atoms with Gasteiger partial charge >= 0.3 is 35.0 Å². The van der Waals surface area contributed by atoms with Crippen molar-refractivity contribution in [1.29, 1.82) is 0 Å². The van der Waals surface area contributed by atoms with Crippen molar-refractivity contribution in [1.82, 2.24) is 0 Å². The van der Waals surface area contributed by atoms with Gasteiger partial charge in [-0.05, 0) is 0 Å². The second kappa shape index (κ2) is 11.3. The zero-order chi connectivity index (χ0) is 17.9. The van der Waals surface area contributed by atoms with Crippen molar-refractivity contribution in [2.24, 2.45) is 0 Å². The van der Waals surface area contributed by atoms with Crippen molar-refractivity contribution >= 4 is 19.1 Å². The van der Waals surface area contributed by atoms with Gasteiger partial charge in [0.25, 0.3) is 0 Å². The molecule has 0 aromatic heterocycles. The van der Waals surface area contributed by atoms with Crippen LogP contribution in [0.1, 0.15) is 52.7 Å². The first-order valence-electron chi connectivity index (χ1n) is 7.38. The minimum atomic E-state index is -0.106. The van der Waals surface area contributed by atoms with Gasteiger partial charge in [0.05, 0.1) is 0 Å². The van der Waals surface area contributed by atoms with Crippen LogP contribution < -0.4 is 0 Å². The maximum atomic E-state index is 4.81. The van der Waals surface area contributed by atoms with Crippen LogP contribution in [0, 0.1) is 12.1 Å². The summed E-state index contributed by atoms with van der Waals surface area (Å²) >= 11 is -0.106. The Morgan fingerprint density at radius 3 is 1.17 bits per heavy atom. The first kappa shape index (κ1) is 22.7. The standard InChI is InChI=1S/2C10H13.2ClH.Pd/c2*1-10(2,3)9-7-5-4-6-8-9;;;/h2*4-5,7-8H,1-3H3;2*1H;/q2*-1;;;+2/p-2. The average Bonchev–Trinajstić information content (AvgIpc) is 2.49. The topological polar surface area (TPSA) is 0 Å². The van der Waals surface area contributed by atoms with Crippen LogP contribution in [0.15, 0.2) is 48.5 Å². The van der Waals surface area contributed by atoms with E-state index in [0.717, 1.165) is 0 Å². The van der Waals surface area contributed by atoms with Crippen molar-refractivity contribution in [3.63, 3.8) is 0 Å². The van der Waals surface area contributed by atoms with Gasteiger partial charge in [0.1, 0.15) is 0 Å². The molecule has 2 aromatic rings. The molecular formula is C20H26Cl2Pd-2. The van der Waals surface area contributed by atoms with Crippen LogP contribution in [-0.4, -0.2) is 0 Å². The van der Waals surface area contributed by atoms with E-state index in [-0.39, 0.29) is 26.8 Å². The number of rotatable bonds is 0. The fourth-order valence-corrected chi connectivity index (χ4v) is 1.72. The van der Waals surface area contributed by atoms with Crippen LogP contribution >= 0.6 is 19.1 Å². The third-order valence-corrected chi connectivity index (χ3v) is 3.15. The first-order valence-corrected chi connectivity index (χ1v) is 11.4. The molecule has 23 heavy (non-hydrogen) atoms. The Hall–Kier alpha value is -0.318. The molecule has 0 aliphatic heterocycles. The molecule has 0 aliphatic carbocycles. The van der Waals surface area contributed by atoms with Gasteiger partial charge in [-0.15, -0.1) is 0 Å². The number of benzene rings is 2. The number of halogens is 2. The van der Waals surface area contributed by atoms with E-state index < -0.39 is 0 Å². The Morgan fingerprint density at radius 2 is 1.04 bits per heavy atom. The molecule has 0 unspecified atom stereocenters. The molecule has 0 spiro atoms. The summed E-state index contributed by atoms with van der Waals surface area (Å²) in [5.74, 6) is 0. The van der Waals surface area contributed by atoms with Gasteiger partial charge in [-0.1, -0.05) is 52.4 Å². The molecule has 0 atom stereocenters. The molecule has 0 nitrogen and oxygen atoms in total. The third-order valence-electron chi connectivity index (χ3n) is 3.15. The first-order chi connectivity index (χ1) is 10.6. The van der Waals surface area contributed by atoms with Crippen LogP contribution in [0.4, 0.5) is 0 Å². The Balaban J connectivity index is 0.000000360. The molecule has 2 rings (SSSR count). The van der Waals surface area contributed by atoms with E-state index in [9.17, 15) is 0 Å². The van der Waals surface area contributed by atoms with Gasteiger partial charge in [-0.25, -0.2) is 0 Å². The normalized spacial score (nSPS) is 11.0. The fourth-order valence-electron chi connectivity index (χ4n) is 1.72. The molecule has 0 N–H and O–H groups in total. The van der Waals surface area contributed by atoms with E-state index >= 15 is 0 Å². The predicted octanol–water partition coefficient (Wildman–Crippen LogP) is 6.95. The summed E-state index contributed by atoms with van der Waals surface area (Å²) in [7, 11) is 9.63. The molecule has 0 radical (unpaired) electrons. The summed E-state index contributed by atoms with van der Waals surface area (Å²) in [6.07, 6.45) is 0. The zero-order valence-electron chi connectivity index (χ0n) is 14.7. The molecular weight excluding hydrogens is 418 g/mol. The van der Waals surface area contributed by atoms with Gasteiger partial charge in [0, 0.05) is 0 Å². The molecule has 0 saturated heterocycles. The van der Waals surface area contributed by atoms with Gasteiger partial charge in [-0.3, -0.25) is 0 Å². The van der Waals surface area contributed by atoms with E-state index in [1.54, 1.807) is 0 Å². The SMILES string of the molecule is CC(C)(C)c1c[c-]ccc1.CC(C)(C)c1c[c-]ccc1.[Cl][Pd][Cl]. The monoisotopic (exact) mass is 442 g/mol. The molecule has 0 amide bonds. The van der Waals surface area contributed by atoms with Gasteiger partial charge in [-0.2, -0.15) is 71.8 Å².